The highest BCUT2D eigenvalue weighted by molar-refractivity contribution is 4.94. The predicted molar refractivity (Wildman–Crippen MR) is 54.8 cm³/mol. The van der Waals surface area contributed by atoms with Gasteiger partial charge in [0.25, 0.3) is 0 Å². The third kappa shape index (κ3) is 2.75. The summed E-state index contributed by atoms with van der Waals surface area (Å²) in [6.07, 6.45) is 7.81. The molecule has 1 atom stereocenters. The maximum atomic E-state index is 4.20. The van der Waals surface area contributed by atoms with E-state index in [1.54, 1.807) is 18.6 Å². The fourth-order valence-electron chi connectivity index (χ4n) is 1.73. The average molecular weight is 192 g/mol. The van der Waals surface area contributed by atoms with E-state index < -0.39 is 0 Å². The SMILES string of the molecule is c1cnc(CNC[C@@H]2CCCN2)cn1. The van der Waals surface area contributed by atoms with Crippen LogP contribution in [0.1, 0.15) is 18.5 Å². The molecule has 2 rings (SSSR count). The predicted octanol–water partition coefficient (Wildman–Crippen LogP) is 0.318. The lowest BCUT2D eigenvalue weighted by Gasteiger charge is -2.10. The van der Waals surface area contributed by atoms with Crippen molar-refractivity contribution < 1.29 is 0 Å². The van der Waals surface area contributed by atoms with Gasteiger partial charge in [-0.3, -0.25) is 9.97 Å². The van der Waals surface area contributed by atoms with Crippen molar-refractivity contribution in [2.24, 2.45) is 0 Å². The Morgan fingerprint density at radius 3 is 3.21 bits per heavy atom. The van der Waals surface area contributed by atoms with Gasteiger partial charge in [0, 0.05) is 37.7 Å². The lowest BCUT2D eigenvalue weighted by molar-refractivity contribution is 0.532. The number of nitrogens with one attached hydrogen (secondary N) is 2. The van der Waals surface area contributed by atoms with Gasteiger partial charge in [0.15, 0.2) is 0 Å². The zero-order chi connectivity index (χ0) is 9.64. The van der Waals surface area contributed by atoms with Crippen LogP contribution in [0.2, 0.25) is 0 Å². The van der Waals surface area contributed by atoms with Crippen molar-refractivity contribution in [1.29, 1.82) is 0 Å². The van der Waals surface area contributed by atoms with Gasteiger partial charge in [0.05, 0.1) is 5.69 Å². The summed E-state index contributed by atoms with van der Waals surface area (Å²) in [5.41, 5.74) is 1.01. The largest absolute Gasteiger partial charge is 0.313 e. The molecule has 1 fully saturated rings. The van der Waals surface area contributed by atoms with E-state index in [2.05, 4.69) is 20.6 Å². The van der Waals surface area contributed by atoms with E-state index in [9.17, 15) is 0 Å². The van der Waals surface area contributed by atoms with Gasteiger partial charge in [-0.2, -0.15) is 0 Å². The van der Waals surface area contributed by atoms with Gasteiger partial charge in [0.2, 0.25) is 0 Å². The molecule has 4 nitrogen and oxygen atoms in total. The van der Waals surface area contributed by atoms with Crippen molar-refractivity contribution in [3.8, 4) is 0 Å². The van der Waals surface area contributed by atoms with Crippen LogP contribution in [0, 0.1) is 0 Å². The maximum absolute atomic E-state index is 4.20. The molecule has 0 aliphatic carbocycles. The van der Waals surface area contributed by atoms with E-state index in [4.69, 9.17) is 0 Å². The highest BCUT2D eigenvalue weighted by Gasteiger charge is 2.12. The van der Waals surface area contributed by atoms with E-state index >= 15 is 0 Å². The standard InChI is InChI=1S/C10H16N4/c1-2-9(13-3-1)6-12-8-10-7-11-4-5-14-10/h4-5,7,9,12-13H,1-3,6,8H2/t9-/m0/s1. The molecule has 0 unspecified atom stereocenters. The summed E-state index contributed by atoms with van der Waals surface area (Å²) in [7, 11) is 0. The number of hydrogen-bond acceptors (Lipinski definition) is 4. The Labute approximate surface area is 84.2 Å². The Bertz CT molecular complexity index is 256. The lowest BCUT2D eigenvalue weighted by atomic mass is 10.2. The van der Waals surface area contributed by atoms with E-state index in [-0.39, 0.29) is 0 Å². The molecule has 0 spiro atoms. The van der Waals surface area contributed by atoms with E-state index in [1.807, 2.05) is 0 Å². The molecule has 2 N–H and O–H groups in total. The van der Waals surface area contributed by atoms with Crippen molar-refractivity contribution in [2.75, 3.05) is 13.1 Å². The minimum atomic E-state index is 0.645. The fraction of sp³-hybridized carbons (Fsp3) is 0.600. The topological polar surface area (TPSA) is 49.8 Å². The fourth-order valence-corrected chi connectivity index (χ4v) is 1.73. The van der Waals surface area contributed by atoms with Gasteiger partial charge in [-0.15, -0.1) is 0 Å². The van der Waals surface area contributed by atoms with Gasteiger partial charge >= 0.3 is 0 Å². The van der Waals surface area contributed by atoms with E-state index in [0.717, 1.165) is 25.3 Å². The van der Waals surface area contributed by atoms with Crippen LogP contribution in [0.5, 0.6) is 0 Å². The number of rotatable bonds is 4. The molecule has 0 saturated carbocycles. The van der Waals surface area contributed by atoms with E-state index in [1.165, 1.54) is 12.8 Å². The van der Waals surface area contributed by atoms with Crippen LogP contribution in [0.4, 0.5) is 0 Å². The van der Waals surface area contributed by atoms with Crippen molar-refractivity contribution in [1.82, 2.24) is 20.6 Å². The lowest BCUT2D eigenvalue weighted by Crippen LogP contribution is -2.33. The van der Waals surface area contributed by atoms with Crippen LogP contribution >= 0.6 is 0 Å². The third-order valence-electron chi connectivity index (χ3n) is 2.48. The minimum absolute atomic E-state index is 0.645. The quantitative estimate of drug-likeness (QED) is 0.721. The van der Waals surface area contributed by atoms with Crippen LogP contribution in [-0.2, 0) is 6.54 Å². The molecule has 1 aromatic rings. The Morgan fingerprint density at radius 2 is 2.50 bits per heavy atom. The van der Waals surface area contributed by atoms with Gasteiger partial charge < -0.3 is 10.6 Å². The molecule has 76 valence electrons. The summed E-state index contributed by atoms with van der Waals surface area (Å²) in [6.45, 7) is 3.00. The molecule has 1 aliphatic heterocycles. The number of nitrogens with zero attached hydrogens (tertiary/aromatic N) is 2. The summed E-state index contributed by atoms with van der Waals surface area (Å²) in [6, 6.07) is 0.645. The molecule has 1 saturated heterocycles. The van der Waals surface area contributed by atoms with Crippen molar-refractivity contribution in [3.05, 3.63) is 24.3 Å². The smallest absolute Gasteiger partial charge is 0.0724 e. The van der Waals surface area contributed by atoms with Gasteiger partial charge in [-0.1, -0.05) is 0 Å². The molecule has 0 aromatic carbocycles. The highest BCUT2D eigenvalue weighted by atomic mass is 15.0. The Morgan fingerprint density at radius 1 is 1.50 bits per heavy atom. The molecular formula is C10H16N4. The summed E-state index contributed by atoms with van der Waals surface area (Å²) in [4.78, 5) is 8.21. The van der Waals surface area contributed by atoms with Crippen LogP contribution in [0.25, 0.3) is 0 Å². The average Bonchev–Trinajstić information content (AvgIpc) is 2.72. The summed E-state index contributed by atoms with van der Waals surface area (Å²) in [5.74, 6) is 0. The second kappa shape index (κ2) is 5.02. The molecule has 4 heteroatoms. The number of hydrogen-bond donors (Lipinski definition) is 2. The molecule has 1 aliphatic rings. The highest BCUT2D eigenvalue weighted by Crippen LogP contribution is 2.03. The Kier molecular flexibility index (Phi) is 3.43. The second-order valence-corrected chi connectivity index (χ2v) is 3.62. The second-order valence-electron chi connectivity index (χ2n) is 3.62. The first-order valence-corrected chi connectivity index (χ1v) is 5.14. The third-order valence-corrected chi connectivity index (χ3v) is 2.48. The molecule has 0 radical (unpaired) electrons. The maximum Gasteiger partial charge on any atom is 0.0724 e. The van der Waals surface area contributed by atoms with Crippen molar-refractivity contribution in [3.63, 3.8) is 0 Å². The van der Waals surface area contributed by atoms with Gasteiger partial charge in [0.1, 0.15) is 0 Å². The first-order valence-electron chi connectivity index (χ1n) is 5.14. The van der Waals surface area contributed by atoms with Crippen LogP contribution in [-0.4, -0.2) is 29.1 Å². The first kappa shape index (κ1) is 9.55. The summed E-state index contributed by atoms with van der Waals surface area (Å²) < 4.78 is 0. The van der Waals surface area contributed by atoms with Crippen LogP contribution in [0.3, 0.4) is 0 Å². The molecule has 14 heavy (non-hydrogen) atoms. The zero-order valence-corrected chi connectivity index (χ0v) is 8.24. The van der Waals surface area contributed by atoms with Crippen molar-refractivity contribution >= 4 is 0 Å². The molecular weight excluding hydrogens is 176 g/mol. The molecule has 0 bridgehead atoms. The molecule has 0 amide bonds. The Balaban J connectivity index is 1.67. The summed E-state index contributed by atoms with van der Waals surface area (Å²) >= 11 is 0. The summed E-state index contributed by atoms with van der Waals surface area (Å²) in [5, 5.41) is 6.82. The first-order chi connectivity index (χ1) is 6.95. The van der Waals surface area contributed by atoms with Crippen LogP contribution in [0.15, 0.2) is 18.6 Å². The van der Waals surface area contributed by atoms with E-state index in [0.29, 0.717) is 6.04 Å². The van der Waals surface area contributed by atoms with Gasteiger partial charge in [-0.25, -0.2) is 0 Å². The minimum Gasteiger partial charge on any atom is -0.313 e. The number of aromatic nitrogens is 2. The van der Waals surface area contributed by atoms with Crippen molar-refractivity contribution in [2.45, 2.75) is 25.4 Å². The zero-order valence-electron chi connectivity index (χ0n) is 8.24. The Hall–Kier alpha value is -1.00. The monoisotopic (exact) mass is 192 g/mol. The molecule has 1 aromatic heterocycles. The van der Waals surface area contributed by atoms with Gasteiger partial charge in [-0.05, 0) is 19.4 Å². The normalized spacial score (nSPS) is 21.3. The van der Waals surface area contributed by atoms with Crippen LogP contribution < -0.4 is 10.6 Å². The molecule has 2 heterocycles.